The van der Waals surface area contributed by atoms with Gasteiger partial charge in [-0.2, -0.15) is 0 Å². The molecular weight excluding hydrogens is 238 g/mol. The van der Waals surface area contributed by atoms with E-state index in [9.17, 15) is 0 Å². The number of piperazine rings is 1. The van der Waals surface area contributed by atoms with Gasteiger partial charge in [0.15, 0.2) is 0 Å². The van der Waals surface area contributed by atoms with Crippen molar-refractivity contribution in [2.24, 2.45) is 11.7 Å². The zero-order valence-corrected chi connectivity index (χ0v) is 12.4. The van der Waals surface area contributed by atoms with Gasteiger partial charge in [0.1, 0.15) is 5.76 Å². The van der Waals surface area contributed by atoms with Gasteiger partial charge >= 0.3 is 0 Å². The van der Waals surface area contributed by atoms with Crippen LogP contribution in [0.4, 0.5) is 0 Å². The zero-order chi connectivity index (χ0) is 13.8. The maximum absolute atomic E-state index is 6.16. The molecule has 1 aliphatic heterocycles. The van der Waals surface area contributed by atoms with Gasteiger partial charge in [0.2, 0.25) is 0 Å². The molecule has 0 spiro atoms. The molecule has 108 valence electrons. The fraction of sp³-hybridized carbons (Fsp3) is 0.733. The number of furan rings is 1. The van der Waals surface area contributed by atoms with E-state index in [1.165, 1.54) is 6.54 Å². The quantitative estimate of drug-likeness (QED) is 0.884. The third-order valence-corrected chi connectivity index (χ3v) is 3.76. The number of rotatable bonds is 5. The highest BCUT2D eigenvalue weighted by Crippen LogP contribution is 2.25. The van der Waals surface area contributed by atoms with Crippen LogP contribution >= 0.6 is 0 Å². The monoisotopic (exact) mass is 265 g/mol. The third-order valence-electron chi connectivity index (χ3n) is 3.76. The maximum atomic E-state index is 6.16. The Hall–Kier alpha value is -0.840. The largest absolute Gasteiger partial charge is 0.468 e. The SMILES string of the molecule is CC(C)CN1CCN(C(c2ccco2)C(C)N)CC1. The Labute approximate surface area is 116 Å². The van der Waals surface area contributed by atoms with Crippen molar-refractivity contribution in [3.8, 4) is 0 Å². The number of hydrogen-bond acceptors (Lipinski definition) is 4. The Kier molecular flexibility index (Phi) is 5.02. The van der Waals surface area contributed by atoms with E-state index in [4.69, 9.17) is 10.2 Å². The molecule has 0 amide bonds. The number of nitrogens with two attached hydrogens (primary N) is 1. The molecule has 0 bridgehead atoms. The van der Waals surface area contributed by atoms with Crippen molar-refractivity contribution in [3.63, 3.8) is 0 Å². The molecule has 1 aliphatic rings. The molecule has 0 aliphatic carbocycles. The summed E-state index contributed by atoms with van der Waals surface area (Å²) in [6.45, 7) is 12.2. The normalized spacial score (nSPS) is 21.7. The summed E-state index contributed by atoms with van der Waals surface area (Å²) in [6, 6.07) is 4.27. The van der Waals surface area contributed by atoms with Crippen LogP contribution in [0.5, 0.6) is 0 Å². The Bertz CT molecular complexity index is 353. The summed E-state index contributed by atoms with van der Waals surface area (Å²) in [4.78, 5) is 5.00. The van der Waals surface area contributed by atoms with Crippen molar-refractivity contribution in [2.75, 3.05) is 32.7 Å². The number of hydrogen-bond donors (Lipinski definition) is 1. The smallest absolute Gasteiger partial charge is 0.122 e. The summed E-state index contributed by atoms with van der Waals surface area (Å²) >= 11 is 0. The van der Waals surface area contributed by atoms with Gasteiger partial charge in [-0.25, -0.2) is 0 Å². The van der Waals surface area contributed by atoms with Crippen LogP contribution in [-0.2, 0) is 0 Å². The first kappa shape index (κ1) is 14.6. The molecule has 1 aromatic heterocycles. The Morgan fingerprint density at radius 2 is 1.89 bits per heavy atom. The molecule has 2 N–H and O–H groups in total. The molecule has 4 heteroatoms. The van der Waals surface area contributed by atoms with Crippen LogP contribution < -0.4 is 5.73 Å². The average molecular weight is 265 g/mol. The van der Waals surface area contributed by atoms with E-state index in [-0.39, 0.29) is 12.1 Å². The molecule has 1 saturated heterocycles. The summed E-state index contributed by atoms with van der Waals surface area (Å²) in [5.74, 6) is 1.73. The van der Waals surface area contributed by atoms with Gasteiger partial charge in [0.25, 0.3) is 0 Å². The molecule has 19 heavy (non-hydrogen) atoms. The van der Waals surface area contributed by atoms with E-state index in [2.05, 4.69) is 30.6 Å². The predicted octanol–water partition coefficient (Wildman–Crippen LogP) is 1.94. The summed E-state index contributed by atoms with van der Waals surface area (Å²) in [6.07, 6.45) is 1.74. The van der Waals surface area contributed by atoms with Crippen LogP contribution in [0.3, 0.4) is 0 Å². The molecule has 0 radical (unpaired) electrons. The van der Waals surface area contributed by atoms with Crippen LogP contribution in [0.2, 0.25) is 0 Å². The lowest BCUT2D eigenvalue weighted by molar-refractivity contribution is 0.0715. The Morgan fingerprint density at radius 3 is 2.37 bits per heavy atom. The topological polar surface area (TPSA) is 45.6 Å². The highest BCUT2D eigenvalue weighted by molar-refractivity contribution is 5.07. The molecule has 4 nitrogen and oxygen atoms in total. The first-order valence-corrected chi connectivity index (χ1v) is 7.33. The van der Waals surface area contributed by atoms with Crippen molar-refractivity contribution >= 4 is 0 Å². The van der Waals surface area contributed by atoms with Gasteiger partial charge < -0.3 is 15.1 Å². The van der Waals surface area contributed by atoms with Gasteiger partial charge in [0.05, 0.1) is 12.3 Å². The third kappa shape index (κ3) is 3.81. The van der Waals surface area contributed by atoms with E-state index in [1.54, 1.807) is 6.26 Å². The lowest BCUT2D eigenvalue weighted by atomic mass is 10.0. The molecule has 2 atom stereocenters. The molecule has 0 aromatic carbocycles. The summed E-state index contributed by atoms with van der Waals surface area (Å²) in [5.41, 5.74) is 6.16. The van der Waals surface area contributed by atoms with Gasteiger partial charge in [-0.1, -0.05) is 13.8 Å². The standard InChI is InChI=1S/C15H27N3O/c1-12(2)11-17-6-8-18(9-7-17)15(13(3)16)14-5-4-10-19-14/h4-5,10,12-13,15H,6-9,11,16H2,1-3H3. The highest BCUT2D eigenvalue weighted by atomic mass is 16.3. The maximum Gasteiger partial charge on any atom is 0.122 e. The second-order valence-electron chi connectivity index (χ2n) is 6.05. The van der Waals surface area contributed by atoms with Crippen LogP contribution in [0.15, 0.2) is 22.8 Å². The molecular formula is C15H27N3O. The van der Waals surface area contributed by atoms with Crippen LogP contribution in [0.1, 0.15) is 32.6 Å². The first-order chi connectivity index (χ1) is 9.08. The lowest BCUT2D eigenvalue weighted by Crippen LogP contribution is -2.51. The average Bonchev–Trinajstić information content (AvgIpc) is 2.84. The minimum atomic E-state index is 0.0859. The van der Waals surface area contributed by atoms with E-state index >= 15 is 0 Å². The van der Waals surface area contributed by atoms with Gasteiger partial charge in [-0.15, -0.1) is 0 Å². The van der Waals surface area contributed by atoms with Crippen LogP contribution in [0.25, 0.3) is 0 Å². The fourth-order valence-corrected chi connectivity index (χ4v) is 2.97. The first-order valence-electron chi connectivity index (χ1n) is 7.33. The van der Waals surface area contributed by atoms with Crippen molar-refractivity contribution in [2.45, 2.75) is 32.9 Å². The molecule has 2 rings (SSSR count). The van der Waals surface area contributed by atoms with E-state index < -0.39 is 0 Å². The minimum Gasteiger partial charge on any atom is -0.468 e. The minimum absolute atomic E-state index is 0.0859. The second-order valence-corrected chi connectivity index (χ2v) is 6.05. The van der Waals surface area contributed by atoms with Crippen molar-refractivity contribution < 1.29 is 4.42 Å². The summed E-state index contributed by atoms with van der Waals surface area (Å²) < 4.78 is 5.57. The fourth-order valence-electron chi connectivity index (χ4n) is 2.97. The molecule has 1 aromatic rings. The highest BCUT2D eigenvalue weighted by Gasteiger charge is 2.29. The Balaban J connectivity index is 1.95. The van der Waals surface area contributed by atoms with E-state index in [0.29, 0.717) is 0 Å². The van der Waals surface area contributed by atoms with Gasteiger partial charge in [-0.3, -0.25) is 4.90 Å². The van der Waals surface area contributed by atoms with Crippen molar-refractivity contribution in [3.05, 3.63) is 24.2 Å². The van der Waals surface area contributed by atoms with Crippen molar-refractivity contribution in [1.29, 1.82) is 0 Å². The summed E-state index contributed by atoms with van der Waals surface area (Å²) in [5, 5.41) is 0. The van der Waals surface area contributed by atoms with Gasteiger partial charge in [0, 0.05) is 38.8 Å². The van der Waals surface area contributed by atoms with Crippen LogP contribution in [0, 0.1) is 5.92 Å². The molecule has 2 heterocycles. The van der Waals surface area contributed by atoms with Crippen LogP contribution in [-0.4, -0.2) is 48.6 Å². The van der Waals surface area contributed by atoms with Gasteiger partial charge in [-0.05, 0) is 25.0 Å². The predicted molar refractivity (Wildman–Crippen MR) is 77.9 cm³/mol. The molecule has 1 fully saturated rings. The zero-order valence-electron chi connectivity index (χ0n) is 12.4. The molecule has 0 saturated carbocycles. The Morgan fingerprint density at radius 1 is 1.21 bits per heavy atom. The van der Waals surface area contributed by atoms with Crippen molar-refractivity contribution in [1.82, 2.24) is 9.80 Å². The van der Waals surface area contributed by atoms with E-state index in [0.717, 1.165) is 37.9 Å². The summed E-state index contributed by atoms with van der Waals surface area (Å²) in [7, 11) is 0. The number of nitrogens with zero attached hydrogens (tertiary/aromatic N) is 2. The molecule has 2 unspecified atom stereocenters. The van der Waals surface area contributed by atoms with E-state index in [1.807, 2.05) is 12.1 Å². The lowest BCUT2D eigenvalue weighted by Gasteiger charge is -2.40. The second kappa shape index (κ2) is 6.55.